The van der Waals surface area contributed by atoms with Gasteiger partial charge < -0.3 is 5.32 Å². The number of fused-ring (bicyclic) bond motifs is 1. The molecule has 0 bridgehead atoms. The molecule has 0 fully saturated rings. The average molecular weight is 408 g/mol. The predicted molar refractivity (Wildman–Crippen MR) is 116 cm³/mol. The Balaban J connectivity index is 1.73. The summed E-state index contributed by atoms with van der Waals surface area (Å²) in [6.07, 6.45) is 3.31. The molecule has 1 amide bonds. The van der Waals surface area contributed by atoms with E-state index >= 15 is 0 Å². The predicted octanol–water partition coefficient (Wildman–Crippen LogP) is 5.03. The van der Waals surface area contributed by atoms with E-state index in [4.69, 9.17) is 11.6 Å². The number of carbonyl (C=O) groups excluding carboxylic acids is 1. The van der Waals surface area contributed by atoms with Crippen LogP contribution in [0.5, 0.6) is 0 Å². The molecule has 6 nitrogen and oxygen atoms in total. The fourth-order valence-corrected chi connectivity index (χ4v) is 3.39. The van der Waals surface area contributed by atoms with E-state index in [9.17, 15) is 4.79 Å². The van der Waals surface area contributed by atoms with E-state index in [1.54, 1.807) is 4.68 Å². The molecule has 1 aliphatic heterocycles. The molecule has 148 valence electrons. The van der Waals surface area contributed by atoms with E-state index in [1.807, 2.05) is 31.2 Å². The Morgan fingerprint density at radius 3 is 2.59 bits per heavy atom. The van der Waals surface area contributed by atoms with Gasteiger partial charge in [-0.3, -0.25) is 10.1 Å². The second-order valence-corrected chi connectivity index (χ2v) is 7.51. The summed E-state index contributed by atoms with van der Waals surface area (Å²) in [7, 11) is 0. The highest BCUT2D eigenvalue weighted by molar-refractivity contribution is 6.30. The first kappa shape index (κ1) is 19.2. The summed E-state index contributed by atoms with van der Waals surface area (Å²) in [5, 5.41) is 11.3. The van der Waals surface area contributed by atoms with Crippen molar-refractivity contribution in [1.82, 2.24) is 14.8 Å². The van der Waals surface area contributed by atoms with Gasteiger partial charge in [-0.2, -0.15) is 4.98 Å². The van der Waals surface area contributed by atoms with Gasteiger partial charge in [-0.15, -0.1) is 5.10 Å². The van der Waals surface area contributed by atoms with Crippen LogP contribution in [-0.2, 0) is 4.79 Å². The Morgan fingerprint density at radius 2 is 1.90 bits per heavy atom. The third-order valence-corrected chi connectivity index (χ3v) is 5.02. The third-order valence-electron chi connectivity index (χ3n) is 4.77. The molecule has 0 saturated heterocycles. The van der Waals surface area contributed by atoms with Crippen molar-refractivity contribution in [2.75, 3.05) is 10.6 Å². The van der Waals surface area contributed by atoms with E-state index < -0.39 is 0 Å². The van der Waals surface area contributed by atoms with Crippen LogP contribution in [-0.4, -0.2) is 20.7 Å². The summed E-state index contributed by atoms with van der Waals surface area (Å²) in [4.78, 5) is 16.5. The van der Waals surface area contributed by atoms with Crippen molar-refractivity contribution in [3.05, 3.63) is 76.3 Å². The number of carbonyl (C=O) groups is 1. The first-order chi connectivity index (χ1) is 14.0. The van der Waals surface area contributed by atoms with Crippen LogP contribution < -0.4 is 10.6 Å². The SMILES string of the molecule is CCCC(=O)Nc1nc2n(n1)C(c1ccc(Cl)cc1)C=C(c1ccc(C)cc1)N2. The Morgan fingerprint density at radius 1 is 1.17 bits per heavy atom. The number of allylic oxidation sites excluding steroid dienone is 1. The van der Waals surface area contributed by atoms with E-state index in [2.05, 4.69) is 58.0 Å². The molecule has 4 rings (SSSR count). The summed E-state index contributed by atoms with van der Waals surface area (Å²) in [5.74, 6) is 0.781. The molecule has 1 aromatic heterocycles. The number of hydrogen-bond donors (Lipinski definition) is 2. The second-order valence-electron chi connectivity index (χ2n) is 7.07. The first-order valence-corrected chi connectivity index (χ1v) is 9.99. The zero-order chi connectivity index (χ0) is 20.4. The largest absolute Gasteiger partial charge is 0.324 e. The van der Waals surface area contributed by atoms with Crippen molar-refractivity contribution < 1.29 is 4.79 Å². The first-order valence-electron chi connectivity index (χ1n) is 9.61. The van der Waals surface area contributed by atoms with Gasteiger partial charge in [-0.05, 0) is 42.7 Å². The minimum absolute atomic E-state index is 0.0924. The molecule has 2 N–H and O–H groups in total. The number of hydrogen-bond acceptors (Lipinski definition) is 4. The van der Waals surface area contributed by atoms with Crippen molar-refractivity contribution in [2.24, 2.45) is 0 Å². The maximum atomic E-state index is 12.0. The van der Waals surface area contributed by atoms with Gasteiger partial charge >= 0.3 is 0 Å². The lowest BCUT2D eigenvalue weighted by atomic mass is 10.0. The van der Waals surface area contributed by atoms with E-state index in [0.29, 0.717) is 23.3 Å². The van der Waals surface area contributed by atoms with Crippen LogP contribution in [0.4, 0.5) is 11.9 Å². The molecule has 0 aliphatic carbocycles. The summed E-state index contributed by atoms with van der Waals surface area (Å²) < 4.78 is 1.78. The molecule has 1 atom stereocenters. The quantitative estimate of drug-likeness (QED) is 0.621. The van der Waals surface area contributed by atoms with Gasteiger partial charge in [0.1, 0.15) is 6.04 Å². The van der Waals surface area contributed by atoms with Gasteiger partial charge in [-0.1, -0.05) is 60.5 Å². The highest BCUT2D eigenvalue weighted by atomic mass is 35.5. The molecule has 0 saturated carbocycles. The van der Waals surface area contributed by atoms with Crippen LogP contribution in [0, 0.1) is 6.92 Å². The molecule has 1 unspecified atom stereocenters. The van der Waals surface area contributed by atoms with Crippen molar-refractivity contribution in [3.8, 4) is 0 Å². The Bertz CT molecular complexity index is 1050. The highest BCUT2D eigenvalue weighted by Crippen LogP contribution is 2.33. The smallest absolute Gasteiger partial charge is 0.250 e. The molecule has 0 radical (unpaired) electrons. The standard InChI is InChI=1S/C22H22ClN5O/c1-3-4-20(29)25-21-26-22-24-18(15-7-5-14(2)6-8-15)13-19(28(22)27-21)16-9-11-17(23)12-10-16/h5-13,19H,3-4H2,1-2H3,(H2,24,25,26,27,29). The van der Waals surface area contributed by atoms with Gasteiger partial charge in [0.2, 0.25) is 11.9 Å². The maximum Gasteiger partial charge on any atom is 0.250 e. The van der Waals surface area contributed by atoms with Crippen LogP contribution in [0.25, 0.3) is 5.70 Å². The van der Waals surface area contributed by atoms with Gasteiger partial charge in [-0.25, -0.2) is 4.68 Å². The lowest BCUT2D eigenvalue weighted by molar-refractivity contribution is -0.116. The summed E-state index contributed by atoms with van der Waals surface area (Å²) in [5.41, 5.74) is 4.22. The number of aryl methyl sites for hydroxylation is 1. The molecule has 2 heterocycles. The number of halogens is 1. The molecule has 7 heteroatoms. The minimum Gasteiger partial charge on any atom is -0.324 e. The normalized spacial score (nSPS) is 15.3. The molecular formula is C22H22ClN5O. The number of nitrogens with one attached hydrogen (secondary N) is 2. The van der Waals surface area contributed by atoms with E-state index in [1.165, 1.54) is 5.56 Å². The number of anilines is 2. The number of aromatic nitrogens is 3. The Hall–Kier alpha value is -3.12. The monoisotopic (exact) mass is 407 g/mol. The van der Waals surface area contributed by atoms with Gasteiger partial charge in [0.05, 0.1) is 0 Å². The van der Waals surface area contributed by atoms with Crippen LogP contribution in [0.3, 0.4) is 0 Å². The zero-order valence-corrected chi connectivity index (χ0v) is 17.1. The van der Waals surface area contributed by atoms with Crippen molar-refractivity contribution >= 4 is 35.1 Å². The number of benzene rings is 2. The van der Waals surface area contributed by atoms with E-state index in [0.717, 1.165) is 23.2 Å². The Kier molecular flexibility index (Phi) is 5.36. The average Bonchev–Trinajstić information content (AvgIpc) is 3.11. The fourth-order valence-electron chi connectivity index (χ4n) is 3.26. The molecule has 2 aromatic carbocycles. The van der Waals surface area contributed by atoms with Gasteiger partial charge in [0, 0.05) is 17.1 Å². The highest BCUT2D eigenvalue weighted by Gasteiger charge is 2.25. The third kappa shape index (κ3) is 4.17. The number of amides is 1. The molecular weight excluding hydrogens is 386 g/mol. The van der Waals surface area contributed by atoms with Crippen molar-refractivity contribution in [3.63, 3.8) is 0 Å². The summed E-state index contributed by atoms with van der Waals surface area (Å²) in [6.45, 7) is 4.02. The summed E-state index contributed by atoms with van der Waals surface area (Å²) in [6, 6.07) is 15.8. The van der Waals surface area contributed by atoms with Crippen LogP contribution in [0.1, 0.15) is 42.5 Å². The van der Waals surface area contributed by atoms with Crippen LogP contribution in [0.2, 0.25) is 5.02 Å². The van der Waals surface area contributed by atoms with E-state index in [-0.39, 0.29) is 11.9 Å². The zero-order valence-electron chi connectivity index (χ0n) is 16.3. The molecule has 3 aromatic rings. The Labute approximate surface area is 174 Å². The maximum absolute atomic E-state index is 12.0. The van der Waals surface area contributed by atoms with Crippen LogP contribution >= 0.6 is 11.6 Å². The summed E-state index contributed by atoms with van der Waals surface area (Å²) >= 11 is 6.07. The topological polar surface area (TPSA) is 71.8 Å². The number of nitrogens with zero attached hydrogens (tertiary/aromatic N) is 3. The second kappa shape index (κ2) is 8.09. The lowest BCUT2D eigenvalue weighted by Crippen LogP contribution is -2.20. The fraction of sp³-hybridized carbons (Fsp3) is 0.227. The lowest BCUT2D eigenvalue weighted by Gasteiger charge is -2.24. The number of rotatable bonds is 5. The molecule has 29 heavy (non-hydrogen) atoms. The molecule has 1 aliphatic rings. The minimum atomic E-state index is -0.177. The van der Waals surface area contributed by atoms with Crippen LogP contribution in [0.15, 0.2) is 54.6 Å². The van der Waals surface area contributed by atoms with Crippen molar-refractivity contribution in [1.29, 1.82) is 0 Å². The van der Waals surface area contributed by atoms with Crippen molar-refractivity contribution in [2.45, 2.75) is 32.7 Å². The molecule has 0 spiro atoms. The van der Waals surface area contributed by atoms with Gasteiger partial charge in [0.25, 0.3) is 5.95 Å². The van der Waals surface area contributed by atoms with Gasteiger partial charge in [0.15, 0.2) is 0 Å².